The van der Waals surface area contributed by atoms with Gasteiger partial charge in [0, 0.05) is 16.6 Å². The average Bonchev–Trinajstić information content (AvgIpc) is 2.85. The number of hydrogen-bond acceptors (Lipinski definition) is 3. The van der Waals surface area contributed by atoms with E-state index in [9.17, 15) is 5.11 Å². The van der Waals surface area contributed by atoms with Crippen molar-refractivity contribution < 1.29 is 5.11 Å². The number of benzene rings is 1. The van der Waals surface area contributed by atoms with Gasteiger partial charge in [-0.1, -0.05) is 12.1 Å². The van der Waals surface area contributed by atoms with E-state index in [1.165, 1.54) is 24.1 Å². The molecule has 0 saturated heterocycles. The summed E-state index contributed by atoms with van der Waals surface area (Å²) < 4.78 is 0. The zero-order chi connectivity index (χ0) is 13.5. The highest BCUT2D eigenvalue weighted by Crippen LogP contribution is 2.32. The number of aromatic amines is 1. The lowest BCUT2D eigenvalue weighted by molar-refractivity contribution is 0.477. The van der Waals surface area contributed by atoms with Crippen molar-refractivity contribution in [3.63, 3.8) is 0 Å². The number of nitrogens with zero attached hydrogens (tertiary/aromatic N) is 2. The van der Waals surface area contributed by atoms with Crippen LogP contribution in [0.25, 0.3) is 22.3 Å². The van der Waals surface area contributed by atoms with Crippen LogP contribution < -0.4 is 0 Å². The molecule has 1 aromatic carbocycles. The third-order valence-corrected chi connectivity index (χ3v) is 4.04. The van der Waals surface area contributed by atoms with Crippen LogP contribution in [-0.2, 0) is 12.8 Å². The lowest BCUT2D eigenvalue weighted by Crippen LogP contribution is -2.00. The predicted octanol–water partition coefficient (Wildman–Crippen LogP) is 3.21. The van der Waals surface area contributed by atoms with E-state index < -0.39 is 0 Å². The van der Waals surface area contributed by atoms with Crippen molar-refractivity contribution in [3.8, 4) is 17.0 Å². The first-order valence-electron chi connectivity index (χ1n) is 6.98. The molecule has 0 bridgehead atoms. The van der Waals surface area contributed by atoms with Gasteiger partial charge in [0.05, 0.1) is 5.69 Å². The lowest BCUT2D eigenvalue weighted by atomic mass is 9.96. The number of H-pyrrole nitrogens is 1. The highest BCUT2D eigenvalue weighted by atomic mass is 16.3. The first-order chi connectivity index (χ1) is 9.83. The van der Waals surface area contributed by atoms with Gasteiger partial charge in [-0.25, -0.2) is 0 Å². The molecule has 2 aromatic heterocycles. The molecule has 0 unspecified atom stereocenters. The fourth-order valence-electron chi connectivity index (χ4n) is 3.02. The molecule has 2 N–H and O–H groups in total. The van der Waals surface area contributed by atoms with Gasteiger partial charge in [0.15, 0.2) is 5.65 Å². The van der Waals surface area contributed by atoms with Crippen LogP contribution in [0.4, 0.5) is 0 Å². The molecule has 0 spiro atoms. The number of aromatic nitrogens is 3. The molecular weight excluding hydrogens is 250 g/mol. The second-order valence-electron chi connectivity index (χ2n) is 5.30. The Morgan fingerprint density at radius 3 is 2.80 bits per heavy atom. The van der Waals surface area contributed by atoms with Crippen molar-refractivity contribution >= 4 is 11.0 Å². The Bertz CT molecular complexity index is 792. The summed E-state index contributed by atoms with van der Waals surface area (Å²) in [4.78, 5) is 3.37. The smallest absolute Gasteiger partial charge is 0.160 e. The Balaban J connectivity index is 1.92. The van der Waals surface area contributed by atoms with Crippen molar-refractivity contribution in [2.24, 2.45) is 0 Å². The second kappa shape index (κ2) is 4.34. The van der Waals surface area contributed by atoms with Gasteiger partial charge in [-0.3, -0.25) is 0 Å². The number of hydrogen-bond donors (Lipinski definition) is 2. The van der Waals surface area contributed by atoms with E-state index >= 15 is 0 Å². The summed E-state index contributed by atoms with van der Waals surface area (Å²) in [6.07, 6.45) is 4.66. The Hall–Kier alpha value is -2.36. The van der Waals surface area contributed by atoms with E-state index in [0.717, 1.165) is 35.1 Å². The van der Waals surface area contributed by atoms with Crippen LogP contribution in [0.2, 0.25) is 0 Å². The quantitative estimate of drug-likeness (QED) is 0.710. The first kappa shape index (κ1) is 11.5. The summed E-state index contributed by atoms with van der Waals surface area (Å²) >= 11 is 0. The molecule has 3 aromatic rings. The van der Waals surface area contributed by atoms with Crippen molar-refractivity contribution in [1.82, 2.24) is 15.2 Å². The van der Waals surface area contributed by atoms with Gasteiger partial charge in [0.1, 0.15) is 5.75 Å². The maximum Gasteiger partial charge on any atom is 0.160 e. The van der Waals surface area contributed by atoms with E-state index in [1.807, 2.05) is 24.3 Å². The molecule has 4 heteroatoms. The van der Waals surface area contributed by atoms with E-state index in [4.69, 9.17) is 0 Å². The monoisotopic (exact) mass is 265 g/mol. The second-order valence-corrected chi connectivity index (χ2v) is 5.30. The summed E-state index contributed by atoms with van der Waals surface area (Å²) in [6, 6.07) is 9.28. The van der Waals surface area contributed by atoms with E-state index in [2.05, 4.69) is 15.2 Å². The minimum Gasteiger partial charge on any atom is -0.507 e. The van der Waals surface area contributed by atoms with Crippen LogP contribution in [0.5, 0.6) is 5.75 Å². The maximum absolute atomic E-state index is 9.95. The van der Waals surface area contributed by atoms with E-state index in [0.29, 0.717) is 0 Å². The van der Waals surface area contributed by atoms with E-state index in [1.54, 1.807) is 6.07 Å². The number of fused-ring (bicyclic) bond motifs is 3. The number of phenols is 1. The van der Waals surface area contributed by atoms with Crippen LogP contribution >= 0.6 is 0 Å². The Labute approximate surface area is 116 Å². The van der Waals surface area contributed by atoms with Crippen LogP contribution in [-0.4, -0.2) is 20.3 Å². The maximum atomic E-state index is 9.95. The zero-order valence-corrected chi connectivity index (χ0v) is 11.1. The summed E-state index contributed by atoms with van der Waals surface area (Å²) in [7, 11) is 0. The lowest BCUT2D eigenvalue weighted by Gasteiger charge is -2.10. The summed E-state index contributed by atoms with van der Waals surface area (Å²) in [5.74, 6) is 0.241. The van der Waals surface area contributed by atoms with Gasteiger partial charge < -0.3 is 10.1 Å². The standard InChI is InChI=1S/C16H15N3O/c20-15-8-4-2-6-11(15)14-9-12-10-5-1-3-7-13(10)17-16(12)19-18-14/h2,4,6,8-9,20H,1,3,5,7H2,(H,17,19). The molecule has 4 nitrogen and oxygen atoms in total. The molecule has 4 rings (SSSR count). The number of rotatable bonds is 1. The molecule has 100 valence electrons. The van der Waals surface area contributed by atoms with Gasteiger partial charge in [-0.05, 0) is 49.4 Å². The van der Waals surface area contributed by atoms with Crippen molar-refractivity contribution in [2.45, 2.75) is 25.7 Å². The molecular formula is C16H15N3O. The van der Waals surface area contributed by atoms with Crippen LogP contribution in [0.15, 0.2) is 30.3 Å². The number of phenolic OH excluding ortho intramolecular Hbond substituents is 1. The Kier molecular flexibility index (Phi) is 2.49. The van der Waals surface area contributed by atoms with Gasteiger partial charge in [-0.15, -0.1) is 10.2 Å². The summed E-state index contributed by atoms with van der Waals surface area (Å²) in [5.41, 5.74) is 4.99. The van der Waals surface area contributed by atoms with Crippen LogP contribution in [0.1, 0.15) is 24.1 Å². The number of aromatic hydroxyl groups is 1. The van der Waals surface area contributed by atoms with Gasteiger partial charge >= 0.3 is 0 Å². The molecule has 0 radical (unpaired) electrons. The van der Waals surface area contributed by atoms with Crippen molar-refractivity contribution in [3.05, 3.63) is 41.6 Å². The van der Waals surface area contributed by atoms with Gasteiger partial charge in [0.25, 0.3) is 0 Å². The number of para-hydroxylation sites is 1. The summed E-state index contributed by atoms with van der Waals surface area (Å²) in [6.45, 7) is 0. The van der Waals surface area contributed by atoms with Crippen LogP contribution in [0, 0.1) is 0 Å². The highest BCUT2D eigenvalue weighted by molar-refractivity contribution is 5.85. The highest BCUT2D eigenvalue weighted by Gasteiger charge is 2.17. The molecule has 0 amide bonds. The molecule has 0 saturated carbocycles. The molecule has 20 heavy (non-hydrogen) atoms. The molecule has 2 heterocycles. The largest absolute Gasteiger partial charge is 0.507 e. The minimum atomic E-state index is 0.241. The molecule has 0 fully saturated rings. The molecule has 1 aliphatic rings. The zero-order valence-electron chi connectivity index (χ0n) is 11.1. The third-order valence-electron chi connectivity index (χ3n) is 4.04. The van der Waals surface area contributed by atoms with Crippen molar-refractivity contribution in [1.29, 1.82) is 0 Å². The Morgan fingerprint density at radius 2 is 1.90 bits per heavy atom. The SMILES string of the molecule is Oc1ccccc1-c1cc2c3c([nH]c2nn1)CCCC3. The number of aryl methyl sites for hydroxylation is 2. The minimum absolute atomic E-state index is 0.241. The normalized spacial score (nSPS) is 14.4. The van der Waals surface area contributed by atoms with Gasteiger partial charge in [-0.2, -0.15) is 0 Å². The average molecular weight is 265 g/mol. The fourth-order valence-corrected chi connectivity index (χ4v) is 3.02. The molecule has 0 aliphatic heterocycles. The van der Waals surface area contributed by atoms with Crippen LogP contribution in [0.3, 0.4) is 0 Å². The number of nitrogens with one attached hydrogen (secondary N) is 1. The first-order valence-corrected chi connectivity index (χ1v) is 6.98. The van der Waals surface area contributed by atoms with E-state index in [-0.39, 0.29) is 5.75 Å². The van der Waals surface area contributed by atoms with Gasteiger partial charge in [0.2, 0.25) is 0 Å². The predicted molar refractivity (Wildman–Crippen MR) is 77.6 cm³/mol. The molecule has 0 atom stereocenters. The Morgan fingerprint density at radius 1 is 1.05 bits per heavy atom. The third kappa shape index (κ3) is 1.68. The topological polar surface area (TPSA) is 61.8 Å². The summed E-state index contributed by atoms with van der Waals surface area (Å²) in [5, 5.41) is 19.6. The fraction of sp³-hybridized carbons (Fsp3) is 0.250. The van der Waals surface area contributed by atoms with Crippen molar-refractivity contribution in [2.75, 3.05) is 0 Å². The molecule has 1 aliphatic carbocycles.